The summed E-state index contributed by atoms with van der Waals surface area (Å²) < 4.78 is 0. The molecule has 0 saturated carbocycles. The molecule has 1 atom stereocenters. The van der Waals surface area contributed by atoms with E-state index >= 15 is 0 Å². The van der Waals surface area contributed by atoms with Crippen LogP contribution < -0.4 is 11.1 Å². The molecule has 3 aromatic rings. The van der Waals surface area contributed by atoms with E-state index in [1.807, 2.05) is 36.4 Å². The lowest BCUT2D eigenvalue weighted by molar-refractivity contribution is -0.139. The number of hydrogen-bond acceptors (Lipinski definition) is 4. The lowest BCUT2D eigenvalue weighted by atomic mass is 9.97. The predicted molar refractivity (Wildman–Crippen MR) is 114 cm³/mol. The van der Waals surface area contributed by atoms with Crippen molar-refractivity contribution in [3.8, 4) is 17.2 Å². The molecule has 0 heterocycles. The van der Waals surface area contributed by atoms with Gasteiger partial charge >= 0.3 is 5.97 Å². The van der Waals surface area contributed by atoms with Crippen molar-refractivity contribution < 1.29 is 14.7 Å². The van der Waals surface area contributed by atoms with Gasteiger partial charge in [0.15, 0.2) is 0 Å². The van der Waals surface area contributed by atoms with Gasteiger partial charge in [-0.1, -0.05) is 54.6 Å². The van der Waals surface area contributed by atoms with Crippen molar-refractivity contribution in [2.75, 3.05) is 0 Å². The van der Waals surface area contributed by atoms with Crippen molar-refractivity contribution in [2.24, 2.45) is 5.73 Å². The molecule has 6 heteroatoms. The van der Waals surface area contributed by atoms with Gasteiger partial charge in [-0.3, -0.25) is 4.79 Å². The molecule has 0 fully saturated rings. The van der Waals surface area contributed by atoms with Gasteiger partial charge in [0.2, 0.25) is 0 Å². The highest BCUT2D eigenvalue weighted by atomic mass is 16.4. The standard InChI is InChI=1S/C24H21N3O3/c25-14-17-7-11-19(12-8-17)23(28)27-22(24(29)30)13-16-5-9-18(10-6-16)21-4-2-1-3-20(21)15-26/h1-12,22H,13-14,25H2,(H,27,28)(H,29,30). The van der Waals surface area contributed by atoms with Gasteiger partial charge in [0.1, 0.15) is 6.04 Å². The van der Waals surface area contributed by atoms with Crippen LogP contribution in [0.3, 0.4) is 0 Å². The average Bonchev–Trinajstić information content (AvgIpc) is 2.79. The Balaban J connectivity index is 1.72. The molecule has 150 valence electrons. The number of carbonyl (C=O) groups excluding carboxylic acids is 1. The summed E-state index contributed by atoms with van der Waals surface area (Å²) in [7, 11) is 0. The van der Waals surface area contributed by atoms with Gasteiger partial charge in [-0.05, 0) is 40.5 Å². The topological polar surface area (TPSA) is 116 Å². The molecule has 4 N–H and O–H groups in total. The SMILES string of the molecule is N#Cc1ccccc1-c1ccc(CC(NC(=O)c2ccc(CN)cc2)C(=O)O)cc1. The van der Waals surface area contributed by atoms with Gasteiger partial charge in [0.05, 0.1) is 11.6 Å². The maximum atomic E-state index is 12.4. The maximum absolute atomic E-state index is 12.4. The van der Waals surface area contributed by atoms with E-state index in [1.165, 1.54) is 0 Å². The van der Waals surface area contributed by atoms with Gasteiger partial charge in [-0.2, -0.15) is 5.26 Å². The molecule has 0 bridgehead atoms. The average molecular weight is 399 g/mol. The van der Waals surface area contributed by atoms with E-state index in [4.69, 9.17) is 5.73 Å². The van der Waals surface area contributed by atoms with Crippen molar-refractivity contribution in [3.63, 3.8) is 0 Å². The van der Waals surface area contributed by atoms with E-state index < -0.39 is 17.9 Å². The normalized spacial score (nSPS) is 11.3. The number of hydrogen-bond donors (Lipinski definition) is 3. The Morgan fingerprint density at radius 1 is 0.967 bits per heavy atom. The van der Waals surface area contributed by atoms with E-state index in [2.05, 4.69) is 11.4 Å². The molecular formula is C24H21N3O3. The van der Waals surface area contributed by atoms with E-state index in [9.17, 15) is 20.0 Å². The molecule has 0 aliphatic carbocycles. The highest BCUT2D eigenvalue weighted by molar-refractivity contribution is 5.96. The minimum Gasteiger partial charge on any atom is -0.480 e. The first kappa shape index (κ1) is 20.8. The second kappa shape index (κ2) is 9.50. The summed E-state index contributed by atoms with van der Waals surface area (Å²) in [5.74, 6) is -1.56. The van der Waals surface area contributed by atoms with Crippen molar-refractivity contribution in [3.05, 3.63) is 95.1 Å². The molecule has 0 radical (unpaired) electrons. The number of aliphatic carboxylic acids is 1. The van der Waals surface area contributed by atoms with Crippen LogP contribution in [0.15, 0.2) is 72.8 Å². The molecule has 3 rings (SSSR count). The zero-order chi connectivity index (χ0) is 21.5. The van der Waals surface area contributed by atoms with E-state index in [-0.39, 0.29) is 6.42 Å². The zero-order valence-corrected chi connectivity index (χ0v) is 16.2. The van der Waals surface area contributed by atoms with Crippen molar-refractivity contribution in [1.29, 1.82) is 5.26 Å². The van der Waals surface area contributed by atoms with Crippen molar-refractivity contribution in [1.82, 2.24) is 5.32 Å². The lowest BCUT2D eigenvalue weighted by Crippen LogP contribution is -2.42. The second-order valence-corrected chi connectivity index (χ2v) is 6.82. The molecule has 3 aromatic carbocycles. The van der Waals surface area contributed by atoms with Crippen LogP contribution in [0.4, 0.5) is 0 Å². The van der Waals surface area contributed by atoms with Crippen molar-refractivity contribution in [2.45, 2.75) is 19.0 Å². The highest BCUT2D eigenvalue weighted by Crippen LogP contribution is 2.23. The Hall–Kier alpha value is -3.95. The summed E-state index contributed by atoms with van der Waals surface area (Å²) in [4.78, 5) is 24.1. The first-order valence-electron chi connectivity index (χ1n) is 9.43. The first-order chi connectivity index (χ1) is 14.5. The molecule has 1 unspecified atom stereocenters. The van der Waals surface area contributed by atoms with Gasteiger partial charge in [0, 0.05) is 18.5 Å². The molecule has 0 aliphatic rings. The fourth-order valence-electron chi connectivity index (χ4n) is 3.12. The summed E-state index contributed by atoms with van der Waals surface area (Å²) in [6.07, 6.45) is 0.141. The fourth-order valence-corrected chi connectivity index (χ4v) is 3.12. The lowest BCUT2D eigenvalue weighted by Gasteiger charge is -2.15. The van der Waals surface area contributed by atoms with Crippen LogP contribution >= 0.6 is 0 Å². The third kappa shape index (κ3) is 4.90. The van der Waals surface area contributed by atoms with E-state index in [0.29, 0.717) is 17.7 Å². The van der Waals surface area contributed by atoms with Gasteiger partial charge in [-0.25, -0.2) is 4.79 Å². The minimum atomic E-state index is -1.11. The third-order valence-corrected chi connectivity index (χ3v) is 4.81. The fraction of sp³-hybridized carbons (Fsp3) is 0.125. The number of carboxylic acid groups (broad SMARTS) is 1. The van der Waals surface area contributed by atoms with Crippen LogP contribution in [0.25, 0.3) is 11.1 Å². The molecule has 1 amide bonds. The number of nitriles is 1. The smallest absolute Gasteiger partial charge is 0.326 e. The number of nitrogens with two attached hydrogens (primary N) is 1. The third-order valence-electron chi connectivity index (χ3n) is 4.81. The first-order valence-corrected chi connectivity index (χ1v) is 9.43. The summed E-state index contributed by atoms with van der Waals surface area (Å²) in [5, 5.41) is 21.4. The van der Waals surface area contributed by atoms with E-state index in [0.717, 1.165) is 22.3 Å². The number of carbonyl (C=O) groups is 2. The maximum Gasteiger partial charge on any atom is 0.326 e. The molecule has 0 spiro atoms. The quantitative estimate of drug-likeness (QED) is 0.564. The second-order valence-electron chi connectivity index (χ2n) is 6.82. The number of amides is 1. The number of benzene rings is 3. The van der Waals surface area contributed by atoms with Gasteiger partial charge in [-0.15, -0.1) is 0 Å². The molecule has 0 saturated heterocycles. The number of nitrogens with one attached hydrogen (secondary N) is 1. The monoisotopic (exact) mass is 399 g/mol. The molecular weight excluding hydrogens is 378 g/mol. The van der Waals surface area contributed by atoms with Gasteiger partial charge < -0.3 is 16.2 Å². The van der Waals surface area contributed by atoms with Crippen LogP contribution in [0.5, 0.6) is 0 Å². The Kier molecular flexibility index (Phi) is 6.58. The van der Waals surface area contributed by atoms with E-state index in [1.54, 1.807) is 36.4 Å². The number of carboxylic acids is 1. The molecule has 0 aromatic heterocycles. The number of rotatable bonds is 7. The van der Waals surface area contributed by atoms with Crippen LogP contribution in [-0.4, -0.2) is 23.0 Å². The molecule has 0 aliphatic heterocycles. The van der Waals surface area contributed by atoms with Crippen LogP contribution in [0.1, 0.15) is 27.0 Å². The Morgan fingerprint density at radius 2 is 1.60 bits per heavy atom. The van der Waals surface area contributed by atoms with Crippen LogP contribution in [-0.2, 0) is 17.8 Å². The highest BCUT2D eigenvalue weighted by Gasteiger charge is 2.21. The predicted octanol–water partition coefficient (Wildman–Crippen LogP) is 3.11. The Bertz CT molecular complexity index is 1080. The molecule has 30 heavy (non-hydrogen) atoms. The van der Waals surface area contributed by atoms with Crippen molar-refractivity contribution >= 4 is 11.9 Å². The van der Waals surface area contributed by atoms with Gasteiger partial charge in [0.25, 0.3) is 5.91 Å². The summed E-state index contributed by atoms with van der Waals surface area (Å²) in [5.41, 5.74) is 9.83. The largest absolute Gasteiger partial charge is 0.480 e. The minimum absolute atomic E-state index is 0.141. The Morgan fingerprint density at radius 3 is 2.20 bits per heavy atom. The summed E-state index contributed by atoms with van der Waals surface area (Å²) >= 11 is 0. The Labute approximate surface area is 174 Å². The summed E-state index contributed by atoms with van der Waals surface area (Å²) in [6, 6.07) is 22.4. The molecule has 6 nitrogen and oxygen atoms in total. The van der Waals surface area contributed by atoms with Crippen LogP contribution in [0, 0.1) is 11.3 Å². The number of nitrogens with zero attached hydrogens (tertiary/aromatic N) is 1. The zero-order valence-electron chi connectivity index (χ0n) is 16.2. The summed E-state index contributed by atoms with van der Waals surface area (Å²) in [6.45, 7) is 0.370. The van der Waals surface area contributed by atoms with Crippen LogP contribution in [0.2, 0.25) is 0 Å².